The van der Waals surface area contributed by atoms with Gasteiger partial charge < -0.3 is 9.80 Å². The summed E-state index contributed by atoms with van der Waals surface area (Å²) in [6.07, 6.45) is 4.55. The Labute approximate surface area is 148 Å². The molecule has 0 bridgehead atoms. The van der Waals surface area contributed by atoms with Crippen molar-refractivity contribution in [2.24, 2.45) is 0 Å². The van der Waals surface area contributed by atoms with E-state index in [9.17, 15) is 4.79 Å². The van der Waals surface area contributed by atoms with Gasteiger partial charge in [0.05, 0.1) is 6.54 Å². The van der Waals surface area contributed by atoms with Crippen LogP contribution in [0.1, 0.15) is 11.1 Å². The van der Waals surface area contributed by atoms with Gasteiger partial charge in [0.1, 0.15) is 0 Å². The summed E-state index contributed by atoms with van der Waals surface area (Å²) in [6.45, 7) is 5.40. The van der Waals surface area contributed by atoms with Gasteiger partial charge in [-0.15, -0.1) is 0 Å². The summed E-state index contributed by atoms with van der Waals surface area (Å²) in [7, 11) is 0. The largest absolute Gasteiger partial charge is 0.338 e. The SMILES string of the molecule is O=C(CN1CCc2ccccc2C1)N1CCN(c2ncccn2)CC1. The molecule has 0 radical (unpaired) electrons. The summed E-state index contributed by atoms with van der Waals surface area (Å²) in [4.78, 5) is 27.6. The molecule has 6 heteroatoms. The Hall–Kier alpha value is -2.47. The van der Waals surface area contributed by atoms with Gasteiger partial charge in [-0.1, -0.05) is 24.3 Å². The molecule has 1 amide bonds. The number of fused-ring (bicyclic) bond motifs is 1. The van der Waals surface area contributed by atoms with E-state index in [0.717, 1.165) is 51.6 Å². The van der Waals surface area contributed by atoms with Gasteiger partial charge in [-0.2, -0.15) is 0 Å². The maximum atomic E-state index is 12.7. The molecule has 1 fully saturated rings. The summed E-state index contributed by atoms with van der Waals surface area (Å²) in [5.41, 5.74) is 2.77. The maximum absolute atomic E-state index is 12.7. The number of carbonyl (C=O) groups excluding carboxylic acids is 1. The van der Waals surface area contributed by atoms with Crippen LogP contribution in [-0.4, -0.2) is 64.9 Å². The molecular formula is C19H23N5O. The van der Waals surface area contributed by atoms with E-state index in [1.165, 1.54) is 11.1 Å². The maximum Gasteiger partial charge on any atom is 0.236 e. The Morgan fingerprint density at radius 3 is 2.40 bits per heavy atom. The van der Waals surface area contributed by atoms with Crippen molar-refractivity contribution in [2.45, 2.75) is 13.0 Å². The van der Waals surface area contributed by atoms with E-state index in [-0.39, 0.29) is 5.91 Å². The number of hydrogen-bond donors (Lipinski definition) is 0. The molecule has 0 unspecified atom stereocenters. The Morgan fingerprint density at radius 1 is 0.920 bits per heavy atom. The fourth-order valence-corrected chi connectivity index (χ4v) is 3.59. The van der Waals surface area contributed by atoms with Crippen LogP contribution in [0.5, 0.6) is 0 Å². The molecule has 0 saturated carbocycles. The zero-order valence-corrected chi connectivity index (χ0v) is 14.3. The van der Waals surface area contributed by atoms with Crippen LogP contribution >= 0.6 is 0 Å². The van der Waals surface area contributed by atoms with Crippen LogP contribution in [0.2, 0.25) is 0 Å². The predicted octanol–water partition coefficient (Wildman–Crippen LogP) is 1.18. The highest BCUT2D eigenvalue weighted by Crippen LogP contribution is 2.18. The Bertz CT molecular complexity index is 728. The highest BCUT2D eigenvalue weighted by Gasteiger charge is 2.25. The second-order valence-corrected chi connectivity index (χ2v) is 6.65. The molecule has 1 aromatic carbocycles. The van der Waals surface area contributed by atoms with E-state index in [2.05, 4.69) is 44.0 Å². The van der Waals surface area contributed by atoms with Crippen molar-refractivity contribution < 1.29 is 4.79 Å². The third kappa shape index (κ3) is 3.64. The summed E-state index contributed by atoms with van der Waals surface area (Å²) >= 11 is 0. The Kier molecular flexibility index (Phi) is 4.61. The van der Waals surface area contributed by atoms with Crippen LogP contribution in [0.15, 0.2) is 42.7 Å². The number of piperazine rings is 1. The fraction of sp³-hybridized carbons (Fsp3) is 0.421. The lowest BCUT2D eigenvalue weighted by atomic mass is 10.00. The Balaban J connectivity index is 1.30. The normalized spacial score (nSPS) is 18.1. The van der Waals surface area contributed by atoms with Crippen molar-refractivity contribution >= 4 is 11.9 Å². The average Bonchev–Trinajstić information content (AvgIpc) is 2.69. The molecule has 2 aromatic rings. The number of amides is 1. The molecule has 0 N–H and O–H groups in total. The average molecular weight is 337 g/mol. The standard InChI is InChI=1S/C19H23N5O/c25-18(15-22-9-6-16-4-1-2-5-17(16)14-22)23-10-12-24(13-11-23)19-20-7-3-8-21-19/h1-5,7-8H,6,9-15H2. The number of nitrogens with zero attached hydrogens (tertiary/aromatic N) is 5. The lowest BCUT2D eigenvalue weighted by Crippen LogP contribution is -2.52. The lowest BCUT2D eigenvalue weighted by molar-refractivity contribution is -0.132. The van der Waals surface area contributed by atoms with Crippen LogP contribution in [0.3, 0.4) is 0 Å². The zero-order valence-electron chi connectivity index (χ0n) is 14.3. The van der Waals surface area contributed by atoms with Crippen LogP contribution in [-0.2, 0) is 17.8 Å². The van der Waals surface area contributed by atoms with Crippen LogP contribution in [0.4, 0.5) is 5.95 Å². The summed E-state index contributed by atoms with van der Waals surface area (Å²) in [5.74, 6) is 0.982. The predicted molar refractivity (Wildman–Crippen MR) is 96.2 cm³/mol. The molecule has 6 nitrogen and oxygen atoms in total. The molecule has 2 aliphatic rings. The third-order valence-corrected chi connectivity index (χ3v) is 5.04. The number of benzene rings is 1. The Morgan fingerprint density at radius 2 is 1.64 bits per heavy atom. The molecule has 1 saturated heterocycles. The minimum Gasteiger partial charge on any atom is -0.338 e. The van der Waals surface area contributed by atoms with Crippen molar-refractivity contribution in [1.29, 1.82) is 0 Å². The van der Waals surface area contributed by atoms with Gasteiger partial charge in [-0.25, -0.2) is 9.97 Å². The number of aromatic nitrogens is 2. The molecule has 1 aromatic heterocycles. The van der Waals surface area contributed by atoms with Gasteiger partial charge in [-0.05, 0) is 23.6 Å². The van der Waals surface area contributed by atoms with Crippen LogP contribution < -0.4 is 4.90 Å². The van der Waals surface area contributed by atoms with E-state index >= 15 is 0 Å². The number of hydrogen-bond acceptors (Lipinski definition) is 5. The minimum absolute atomic E-state index is 0.230. The molecule has 0 spiro atoms. The number of anilines is 1. The molecule has 2 aliphatic heterocycles. The summed E-state index contributed by atoms with van der Waals surface area (Å²) < 4.78 is 0. The van der Waals surface area contributed by atoms with Crippen molar-refractivity contribution in [3.05, 3.63) is 53.9 Å². The van der Waals surface area contributed by atoms with Crippen LogP contribution in [0, 0.1) is 0 Å². The molecule has 0 aliphatic carbocycles. The van der Waals surface area contributed by atoms with Gasteiger partial charge in [0.15, 0.2) is 0 Å². The highest BCUT2D eigenvalue weighted by atomic mass is 16.2. The van der Waals surface area contributed by atoms with Gasteiger partial charge in [0.25, 0.3) is 0 Å². The first kappa shape index (κ1) is 16.0. The summed E-state index contributed by atoms with van der Waals surface area (Å²) in [6, 6.07) is 10.4. The first-order chi connectivity index (χ1) is 12.3. The van der Waals surface area contributed by atoms with E-state index in [0.29, 0.717) is 6.54 Å². The topological polar surface area (TPSA) is 52.6 Å². The van der Waals surface area contributed by atoms with Crippen molar-refractivity contribution in [3.63, 3.8) is 0 Å². The highest BCUT2D eigenvalue weighted by molar-refractivity contribution is 5.78. The van der Waals surface area contributed by atoms with Crippen molar-refractivity contribution in [2.75, 3.05) is 44.2 Å². The number of carbonyl (C=O) groups is 1. The van der Waals surface area contributed by atoms with Gasteiger partial charge in [0, 0.05) is 51.7 Å². The van der Waals surface area contributed by atoms with Crippen molar-refractivity contribution in [3.8, 4) is 0 Å². The third-order valence-electron chi connectivity index (χ3n) is 5.04. The lowest BCUT2D eigenvalue weighted by Gasteiger charge is -2.36. The molecule has 3 heterocycles. The second-order valence-electron chi connectivity index (χ2n) is 6.65. The molecule has 0 atom stereocenters. The molecule has 4 rings (SSSR count). The smallest absolute Gasteiger partial charge is 0.236 e. The quantitative estimate of drug-likeness (QED) is 0.842. The minimum atomic E-state index is 0.230. The molecule has 130 valence electrons. The number of rotatable bonds is 3. The van der Waals surface area contributed by atoms with Gasteiger partial charge in [-0.3, -0.25) is 9.69 Å². The monoisotopic (exact) mass is 337 g/mol. The zero-order chi connectivity index (χ0) is 17.1. The second kappa shape index (κ2) is 7.19. The van der Waals surface area contributed by atoms with E-state index in [1.54, 1.807) is 12.4 Å². The summed E-state index contributed by atoms with van der Waals surface area (Å²) in [5, 5.41) is 0. The molecular weight excluding hydrogens is 314 g/mol. The fourth-order valence-electron chi connectivity index (χ4n) is 3.59. The first-order valence-electron chi connectivity index (χ1n) is 8.88. The molecule has 25 heavy (non-hydrogen) atoms. The van der Waals surface area contributed by atoms with Gasteiger partial charge >= 0.3 is 0 Å². The van der Waals surface area contributed by atoms with Gasteiger partial charge in [0.2, 0.25) is 11.9 Å². The van der Waals surface area contributed by atoms with E-state index in [4.69, 9.17) is 0 Å². The van der Waals surface area contributed by atoms with Crippen LogP contribution in [0.25, 0.3) is 0 Å². The van der Waals surface area contributed by atoms with E-state index < -0.39 is 0 Å². The van der Waals surface area contributed by atoms with Crippen molar-refractivity contribution in [1.82, 2.24) is 19.8 Å². The first-order valence-corrected chi connectivity index (χ1v) is 8.88. The van der Waals surface area contributed by atoms with E-state index in [1.807, 2.05) is 11.0 Å².